The number of hydrogen-bond acceptors (Lipinski definition) is 3. The molecule has 1 aliphatic heterocycles. The molecule has 0 aromatic heterocycles. The van der Waals surface area contributed by atoms with Crippen molar-refractivity contribution in [2.24, 2.45) is 5.92 Å². The highest BCUT2D eigenvalue weighted by Gasteiger charge is 2.46. The molecule has 1 saturated heterocycles. The van der Waals surface area contributed by atoms with Crippen molar-refractivity contribution in [1.82, 2.24) is 0 Å². The van der Waals surface area contributed by atoms with E-state index in [2.05, 4.69) is 0 Å². The number of fused-ring (bicyclic) bond motifs is 2. The third kappa shape index (κ3) is 1.32. The van der Waals surface area contributed by atoms with Crippen molar-refractivity contribution in [2.45, 2.75) is 31.3 Å². The van der Waals surface area contributed by atoms with Gasteiger partial charge in [0.25, 0.3) is 0 Å². The Morgan fingerprint density at radius 3 is 3.25 bits per heavy atom. The number of rotatable bonds is 2. The molecule has 1 N–H and O–H groups in total. The number of carboxylic acids is 1. The van der Waals surface area contributed by atoms with Gasteiger partial charge in [0.1, 0.15) is 5.60 Å². The molecule has 2 rings (SSSR count). The number of carbonyl (C=O) groups is 1. The smallest absolute Gasteiger partial charge is 0.306 e. The lowest BCUT2D eigenvalue weighted by molar-refractivity contribution is -0.380. The zero-order valence-corrected chi connectivity index (χ0v) is 6.78. The molecule has 2 aliphatic rings. The standard InChI is InChI=1S/C8H12O4/c9-7(10)4-8-2-1-6(3-8)5-11-12-8/h6H,1-5H2,(H,9,10). The maximum Gasteiger partial charge on any atom is 0.306 e. The monoisotopic (exact) mass is 172 g/mol. The highest BCUT2D eigenvalue weighted by molar-refractivity contribution is 5.68. The van der Waals surface area contributed by atoms with E-state index in [1.54, 1.807) is 0 Å². The lowest BCUT2D eigenvalue weighted by Gasteiger charge is -2.29. The van der Waals surface area contributed by atoms with E-state index in [1.807, 2.05) is 0 Å². The van der Waals surface area contributed by atoms with Crippen LogP contribution >= 0.6 is 0 Å². The molecule has 0 spiro atoms. The molecule has 0 amide bonds. The number of carboxylic acid groups (broad SMARTS) is 1. The van der Waals surface area contributed by atoms with E-state index in [4.69, 9.17) is 14.9 Å². The van der Waals surface area contributed by atoms with Crippen molar-refractivity contribution in [2.75, 3.05) is 6.61 Å². The zero-order valence-electron chi connectivity index (χ0n) is 6.78. The first-order valence-electron chi connectivity index (χ1n) is 4.23. The Balaban J connectivity index is 2.05. The van der Waals surface area contributed by atoms with E-state index in [9.17, 15) is 4.79 Å². The normalized spacial score (nSPS) is 39.8. The fraction of sp³-hybridized carbons (Fsp3) is 0.875. The van der Waals surface area contributed by atoms with Crippen LogP contribution in [0.4, 0.5) is 0 Å². The first-order chi connectivity index (χ1) is 5.70. The molecule has 2 atom stereocenters. The first-order valence-corrected chi connectivity index (χ1v) is 4.23. The third-order valence-electron chi connectivity index (χ3n) is 2.68. The Kier molecular flexibility index (Phi) is 1.81. The van der Waals surface area contributed by atoms with E-state index in [-0.39, 0.29) is 6.42 Å². The van der Waals surface area contributed by atoms with Gasteiger partial charge in [0.2, 0.25) is 0 Å². The molecule has 12 heavy (non-hydrogen) atoms. The lowest BCUT2D eigenvalue weighted by Crippen LogP contribution is -2.36. The van der Waals surface area contributed by atoms with Gasteiger partial charge in [-0.1, -0.05) is 0 Å². The maximum absolute atomic E-state index is 10.5. The molecule has 0 aromatic carbocycles. The number of hydrogen-bond donors (Lipinski definition) is 1. The quantitative estimate of drug-likeness (QED) is 0.630. The molecule has 2 bridgehead atoms. The van der Waals surface area contributed by atoms with Crippen LogP contribution in [-0.4, -0.2) is 23.3 Å². The summed E-state index contributed by atoms with van der Waals surface area (Å²) in [6.07, 6.45) is 2.78. The van der Waals surface area contributed by atoms with Gasteiger partial charge in [-0.3, -0.25) is 4.79 Å². The second-order valence-electron chi connectivity index (χ2n) is 3.73. The molecule has 0 radical (unpaired) electrons. The summed E-state index contributed by atoms with van der Waals surface area (Å²) >= 11 is 0. The summed E-state index contributed by atoms with van der Waals surface area (Å²) in [7, 11) is 0. The van der Waals surface area contributed by atoms with Gasteiger partial charge in [0.15, 0.2) is 0 Å². The average molecular weight is 172 g/mol. The molecule has 2 fully saturated rings. The van der Waals surface area contributed by atoms with E-state index in [1.165, 1.54) is 0 Å². The minimum Gasteiger partial charge on any atom is -0.481 e. The molecule has 1 saturated carbocycles. The molecule has 1 heterocycles. The van der Waals surface area contributed by atoms with Crippen LogP contribution in [0.15, 0.2) is 0 Å². The van der Waals surface area contributed by atoms with Crippen LogP contribution in [0.1, 0.15) is 25.7 Å². The Bertz CT molecular complexity index is 199. The maximum atomic E-state index is 10.5. The topological polar surface area (TPSA) is 55.8 Å². The SMILES string of the molecule is O=C(O)CC12CCC(COO1)C2. The van der Waals surface area contributed by atoms with E-state index < -0.39 is 11.6 Å². The van der Waals surface area contributed by atoms with Crippen LogP contribution in [0.5, 0.6) is 0 Å². The fourth-order valence-electron chi connectivity index (χ4n) is 2.14. The predicted molar refractivity (Wildman–Crippen MR) is 39.4 cm³/mol. The van der Waals surface area contributed by atoms with Crippen LogP contribution in [0.25, 0.3) is 0 Å². The van der Waals surface area contributed by atoms with Crippen molar-refractivity contribution >= 4 is 5.97 Å². The summed E-state index contributed by atoms with van der Waals surface area (Å²) in [5, 5.41) is 8.65. The minimum atomic E-state index is -0.804. The van der Waals surface area contributed by atoms with Crippen molar-refractivity contribution in [3.05, 3.63) is 0 Å². The average Bonchev–Trinajstić information content (AvgIpc) is 2.25. The van der Waals surface area contributed by atoms with E-state index in [0.29, 0.717) is 12.5 Å². The zero-order chi connectivity index (χ0) is 8.60. The summed E-state index contributed by atoms with van der Waals surface area (Å²) in [6, 6.07) is 0. The van der Waals surface area contributed by atoms with Crippen molar-refractivity contribution in [3.63, 3.8) is 0 Å². The molecule has 2 unspecified atom stereocenters. The van der Waals surface area contributed by atoms with Crippen LogP contribution in [0, 0.1) is 5.92 Å². The Labute approximate surface area is 70.4 Å². The molecule has 0 aromatic rings. The summed E-state index contributed by atoms with van der Waals surface area (Å²) in [6.45, 7) is 0.626. The van der Waals surface area contributed by atoms with Gasteiger partial charge >= 0.3 is 5.97 Å². The Hall–Kier alpha value is -0.610. The van der Waals surface area contributed by atoms with Crippen LogP contribution in [0.3, 0.4) is 0 Å². The van der Waals surface area contributed by atoms with Crippen molar-refractivity contribution < 1.29 is 19.7 Å². The van der Waals surface area contributed by atoms with Crippen LogP contribution in [-0.2, 0) is 14.6 Å². The minimum absolute atomic E-state index is 0.0729. The highest BCUT2D eigenvalue weighted by atomic mass is 17.2. The molecular weight excluding hydrogens is 160 g/mol. The van der Waals surface area contributed by atoms with Gasteiger partial charge in [-0.15, -0.1) is 0 Å². The fourth-order valence-corrected chi connectivity index (χ4v) is 2.14. The summed E-state index contributed by atoms with van der Waals surface area (Å²) in [4.78, 5) is 20.5. The Morgan fingerprint density at radius 1 is 1.67 bits per heavy atom. The largest absolute Gasteiger partial charge is 0.481 e. The van der Waals surface area contributed by atoms with Gasteiger partial charge < -0.3 is 5.11 Å². The highest BCUT2D eigenvalue weighted by Crippen LogP contribution is 2.43. The molecule has 4 heteroatoms. The first kappa shape index (κ1) is 8.01. The van der Waals surface area contributed by atoms with Crippen molar-refractivity contribution in [3.8, 4) is 0 Å². The predicted octanol–water partition coefficient (Wildman–Crippen LogP) is 0.962. The third-order valence-corrected chi connectivity index (χ3v) is 2.68. The lowest BCUT2D eigenvalue weighted by atomic mass is 9.96. The van der Waals surface area contributed by atoms with E-state index in [0.717, 1.165) is 19.3 Å². The number of aliphatic carboxylic acids is 1. The van der Waals surface area contributed by atoms with Gasteiger partial charge in [-0.05, 0) is 25.2 Å². The van der Waals surface area contributed by atoms with E-state index >= 15 is 0 Å². The van der Waals surface area contributed by atoms with Gasteiger partial charge in [-0.25, -0.2) is 9.78 Å². The van der Waals surface area contributed by atoms with Crippen molar-refractivity contribution in [1.29, 1.82) is 0 Å². The second-order valence-corrected chi connectivity index (χ2v) is 3.73. The summed E-state index contributed by atoms with van der Waals surface area (Å²) in [5.74, 6) is -0.292. The molecule has 4 nitrogen and oxygen atoms in total. The molecule has 1 aliphatic carbocycles. The molecule has 68 valence electrons. The van der Waals surface area contributed by atoms with Gasteiger partial charge in [-0.2, -0.15) is 0 Å². The van der Waals surface area contributed by atoms with Gasteiger partial charge in [0.05, 0.1) is 13.0 Å². The van der Waals surface area contributed by atoms with Crippen LogP contribution in [0.2, 0.25) is 0 Å². The Morgan fingerprint density at radius 2 is 2.50 bits per heavy atom. The summed E-state index contributed by atoms with van der Waals surface area (Å²) in [5.41, 5.74) is -0.505. The second kappa shape index (κ2) is 2.71. The van der Waals surface area contributed by atoms with Crippen LogP contribution < -0.4 is 0 Å². The summed E-state index contributed by atoms with van der Waals surface area (Å²) < 4.78 is 0. The van der Waals surface area contributed by atoms with Gasteiger partial charge in [0, 0.05) is 0 Å². The molecular formula is C8H12O4.